The number of unbranched alkanes of at least 4 members (excludes halogenated alkanes) is 3. The van der Waals surface area contributed by atoms with E-state index in [9.17, 15) is 0 Å². The Bertz CT molecular complexity index is 118. The zero-order valence-electron chi connectivity index (χ0n) is 9.91. The highest BCUT2D eigenvalue weighted by Gasteiger charge is 2.19. The SMILES string of the molecule is CCCCCCC(OC)C(OC)OC.[SiH4]. The first-order valence-corrected chi connectivity index (χ1v) is 5.38. The Balaban J connectivity index is 0. The Morgan fingerprint density at radius 3 is 1.87 bits per heavy atom. The van der Waals surface area contributed by atoms with Crippen molar-refractivity contribution in [1.29, 1.82) is 0 Å². The lowest BCUT2D eigenvalue weighted by Crippen LogP contribution is -2.31. The quantitative estimate of drug-likeness (QED) is 0.341. The van der Waals surface area contributed by atoms with Crippen LogP contribution >= 0.6 is 0 Å². The molecule has 0 saturated carbocycles. The molecule has 0 rings (SSSR count). The molecule has 0 bridgehead atoms. The molecule has 94 valence electrons. The molecule has 0 radical (unpaired) electrons. The van der Waals surface area contributed by atoms with E-state index in [0.29, 0.717) is 0 Å². The van der Waals surface area contributed by atoms with Gasteiger partial charge in [0.25, 0.3) is 0 Å². The van der Waals surface area contributed by atoms with E-state index >= 15 is 0 Å². The van der Waals surface area contributed by atoms with Gasteiger partial charge in [0.2, 0.25) is 0 Å². The van der Waals surface area contributed by atoms with E-state index in [0.717, 1.165) is 6.42 Å². The molecular formula is C11H28O3Si. The van der Waals surface area contributed by atoms with Crippen LogP contribution in [-0.4, -0.2) is 44.7 Å². The molecule has 0 N–H and O–H groups in total. The average Bonchev–Trinajstić information content (AvgIpc) is 2.23. The van der Waals surface area contributed by atoms with E-state index in [-0.39, 0.29) is 23.4 Å². The topological polar surface area (TPSA) is 27.7 Å². The van der Waals surface area contributed by atoms with Gasteiger partial charge in [-0.3, -0.25) is 0 Å². The Morgan fingerprint density at radius 2 is 1.47 bits per heavy atom. The van der Waals surface area contributed by atoms with Crippen molar-refractivity contribution in [2.75, 3.05) is 21.3 Å². The van der Waals surface area contributed by atoms with Crippen molar-refractivity contribution in [3.63, 3.8) is 0 Å². The summed E-state index contributed by atoms with van der Waals surface area (Å²) < 4.78 is 15.6. The molecule has 0 spiro atoms. The molecule has 1 atom stereocenters. The van der Waals surface area contributed by atoms with Crippen LogP contribution in [0.5, 0.6) is 0 Å². The Morgan fingerprint density at radius 1 is 0.867 bits per heavy atom. The molecule has 0 aromatic heterocycles. The van der Waals surface area contributed by atoms with E-state index in [1.54, 1.807) is 21.3 Å². The lowest BCUT2D eigenvalue weighted by molar-refractivity contribution is -0.174. The summed E-state index contributed by atoms with van der Waals surface area (Å²) in [5.41, 5.74) is 0. The lowest BCUT2D eigenvalue weighted by atomic mass is 10.1. The predicted octanol–water partition coefficient (Wildman–Crippen LogP) is 1.14. The zero-order chi connectivity index (χ0) is 10.8. The minimum Gasteiger partial charge on any atom is -0.376 e. The standard InChI is InChI=1S/C11H24O3.H4Si/c1-5-6-7-8-9-10(12-2)11(13-3)14-4;/h10-11H,5-9H2,1-4H3;1H4. The lowest BCUT2D eigenvalue weighted by Gasteiger charge is -2.23. The second-order valence-electron chi connectivity index (χ2n) is 3.46. The molecular weight excluding hydrogens is 208 g/mol. The summed E-state index contributed by atoms with van der Waals surface area (Å²) in [5.74, 6) is 0. The van der Waals surface area contributed by atoms with E-state index in [1.165, 1.54) is 25.7 Å². The van der Waals surface area contributed by atoms with Crippen LogP contribution in [0.3, 0.4) is 0 Å². The molecule has 0 aromatic carbocycles. The van der Waals surface area contributed by atoms with Crippen LogP contribution in [0.1, 0.15) is 39.0 Å². The largest absolute Gasteiger partial charge is 0.376 e. The molecule has 0 amide bonds. The minimum atomic E-state index is -0.235. The monoisotopic (exact) mass is 236 g/mol. The van der Waals surface area contributed by atoms with E-state index in [2.05, 4.69) is 6.92 Å². The predicted molar refractivity (Wildman–Crippen MR) is 68.7 cm³/mol. The van der Waals surface area contributed by atoms with Crippen molar-refractivity contribution in [2.45, 2.75) is 51.4 Å². The van der Waals surface area contributed by atoms with Crippen molar-refractivity contribution < 1.29 is 14.2 Å². The van der Waals surface area contributed by atoms with Gasteiger partial charge in [-0.05, 0) is 17.4 Å². The number of methoxy groups -OCH3 is 3. The second-order valence-corrected chi connectivity index (χ2v) is 3.46. The van der Waals surface area contributed by atoms with Crippen LogP contribution < -0.4 is 0 Å². The summed E-state index contributed by atoms with van der Waals surface area (Å²) in [6.07, 6.45) is 5.81. The van der Waals surface area contributed by atoms with Gasteiger partial charge in [0.05, 0.1) is 0 Å². The van der Waals surface area contributed by atoms with Crippen LogP contribution in [0.2, 0.25) is 0 Å². The van der Waals surface area contributed by atoms with E-state index in [4.69, 9.17) is 14.2 Å². The highest BCUT2D eigenvalue weighted by Crippen LogP contribution is 2.13. The minimum absolute atomic E-state index is 0. The third-order valence-corrected chi connectivity index (χ3v) is 2.41. The molecule has 0 aliphatic carbocycles. The van der Waals surface area contributed by atoms with Crippen molar-refractivity contribution in [2.24, 2.45) is 0 Å². The second kappa shape index (κ2) is 12.2. The van der Waals surface area contributed by atoms with E-state index < -0.39 is 0 Å². The van der Waals surface area contributed by atoms with Crippen LogP contribution in [0.25, 0.3) is 0 Å². The third kappa shape index (κ3) is 7.96. The number of hydrogen-bond acceptors (Lipinski definition) is 3. The van der Waals surface area contributed by atoms with Crippen molar-refractivity contribution in [1.82, 2.24) is 0 Å². The Labute approximate surface area is 98.5 Å². The van der Waals surface area contributed by atoms with Gasteiger partial charge in [-0.25, -0.2) is 0 Å². The summed E-state index contributed by atoms with van der Waals surface area (Å²) in [7, 11) is 4.99. The van der Waals surface area contributed by atoms with Gasteiger partial charge in [0.1, 0.15) is 6.10 Å². The molecule has 4 heteroatoms. The maximum atomic E-state index is 5.32. The summed E-state index contributed by atoms with van der Waals surface area (Å²) >= 11 is 0. The normalized spacial score (nSPS) is 12.6. The average molecular weight is 236 g/mol. The molecule has 0 aromatic rings. The van der Waals surface area contributed by atoms with Gasteiger partial charge in [-0.15, -0.1) is 0 Å². The molecule has 0 saturated heterocycles. The molecule has 1 unspecified atom stereocenters. The summed E-state index contributed by atoms with van der Waals surface area (Å²) in [5, 5.41) is 0. The van der Waals surface area contributed by atoms with E-state index in [1.807, 2.05) is 0 Å². The first-order valence-electron chi connectivity index (χ1n) is 5.38. The maximum Gasteiger partial charge on any atom is 0.182 e. The van der Waals surface area contributed by atoms with Gasteiger partial charge >= 0.3 is 0 Å². The van der Waals surface area contributed by atoms with Gasteiger partial charge in [0.15, 0.2) is 6.29 Å². The van der Waals surface area contributed by atoms with Crippen LogP contribution in [-0.2, 0) is 14.2 Å². The third-order valence-electron chi connectivity index (χ3n) is 2.41. The number of hydrogen-bond donors (Lipinski definition) is 0. The first-order chi connectivity index (χ1) is 6.79. The van der Waals surface area contributed by atoms with Gasteiger partial charge in [-0.1, -0.05) is 32.6 Å². The van der Waals surface area contributed by atoms with Crippen molar-refractivity contribution >= 4 is 11.0 Å². The molecule has 0 aliphatic rings. The van der Waals surface area contributed by atoms with Crippen LogP contribution in [0, 0.1) is 0 Å². The first kappa shape index (κ1) is 17.5. The van der Waals surface area contributed by atoms with Crippen LogP contribution in [0.15, 0.2) is 0 Å². The Kier molecular flexibility index (Phi) is 14.2. The smallest absolute Gasteiger partial charge is 0.182 e. The highest BCUT2D eigenvalue weighted by molar-refractivity contribution is 5.75. The molecule has 3 nitrogen and oxygen atoms in total. The fourth-order valence-electron chi connectivity index (χ4n) is 1.54. The fraction of sp³-hybridized carbons (Fsp3) is 1.00. The van der Waals surface area contributed by atoms with Gasteiger partial charge in [0, 0.05) is 21.3 Å². The fourth-order valence-corrected chi connectivity index (χ4v) is 1.54. The zero-order valence-corrected chi connectivity index (χ0v) is 9.91. The molecule has 0 aliphatic heterocycles. The van der Waals surface area contributed by atoms with Crippen molar-refractivity contribution in [3.8, 4) is 0 Å². The van der Waals surface area contributed by atoms with Gasteiger partial charge in [-0.2, -0.15) is 0 Å². The van der Waals surface area contributed by atoms with Crippen molar-refractivity contribution in [3.05, 3.63) is 0 Å². The number of ether oxygens (including phenoxy) is 3. The number of rotatable bonds is 9. The van der Waals surface area contributed by atoms with Crippen LogP contribution in [0.4, 0.5) is 0 Å². The molecule has 0 fully saturated rings. The Hall–Kier alpha value is 0.0969. The summed E-state index contributed by atoms with van der Waals surface area (Å²) in [6.45, 7) is 2.21. The summed E-state index contributed by atoms with van der Waals surface area (Å²) in [4.78, 5) is 0. The molecule has 15 heavy (non-hydrogen) atoms. The molecule has 0 heterocycles. The summed E-state index contributed by atoms with van der Waals surface area (Å²) in [6, 6.07) is 0. The van der Waals surface area contributed by atoms with Gasteiger partial charge < -0.3 is 14.2 Å². The maximum absolute atomic E-state index is 5.32. The highest BCUT2D eigenvalue weighted by atomic mass is 28.1.